The minimum absolute atomic E-state index is 0.0880. The molecule has 3 heteroatoms. The highest BCUT2D eigenvalue weighted by Gasteiger charge is 2.21. The van der Waals surface area contributed by atoms with Gasteiger partial charge in [0.2, 0.25) is 0 Å². The van der Waals surface area contributed by atoms with Crippen LogP contribution in [0.2, 0.25) is 0 Å². The number of H-pyrrole nitrogens is 1. The van der Waals surface area contributed by atoms with Crippen molar-refractivity contribution in [3.05, 3.63) is 35.2 Å². The van der Waals surface area contributed by atoms with Gasteiger partial charge in [-0.2, -0.15) is 0 Å². The summed E-state index contributed by atoms with van der Waals surface area (Å²) in [6.45, 7) is 10.4. The summed E-state index contributed by atoms with van der Waals surface area (Å²) < 4.78 is 0. The summed E-state index contributed by atoms with van der Waals surface area (Å²) in [5.74, 6) is 1.07. The molecular weight excluding hydrogens is 236 g/mol. The van der Waals surface area contributed by atoms with E-state index in [2.05, 4.69) is 37.7 Å². The van der Waals surface area contributed by atoms with Crippen LogP contribution < -0.4 is 0 Å². The molecule has 102 valence electrons. The van der Waals surface area contributed by atoms with E-state index >= 15 is 0 Å². The molecule has 0 aliphatic carbocycles. The topological polar surface area (TPSA) is 48.9 Å². The van der Waals surface area contributed by atoms with Gasteiger partial charge in [-0.05, 0) is 30.4 Å². The van der Waals surface area contributed by atoms with Crippen molar-refractivity contribution in [1.29, 1.82) is 0 Å². The first-order chi connectivity index (χ1) is 8.84. The molecular formula is C16H22N2O. The molecule has 19 heavy (non-hydrogen) atoms. The molecule has 1 aromatic carbocycles. The van der Waals surface area contributed by atoms with Gasteiger partial charge in [-0.25, -0.2) is 4.98 Å². The van der Waals surface area contributed by atoms with Crippen LogP contribution in [0.5, 0.6) is 5.75 Å². The zero-order chi connectivity index (χ0) is 14.2. The van der Waals surface area contributed by atoms with E-state index in [1.54, 1.807) is 0 Å². The monoisotopic (exact) mass is 258 g/mol. The number of hydrogen-bond donors (Lipinski definition) is 2. The van der Waals surface area contributed by atoms with Crippen LogP contribution in [-0.4, -0.2) is 15.1 Å². The maximum Gasteiger partial charge on any atom is 0.141 e. The predicted octanol–water partition coefficient (Wildman–Crippen LogP) is 3.95. The number of phenols is 1. The lowest BCUT2D eigenvalue weighted by Gasteiger charge is -2.21. The number of aromatic nitrogens is 2. The molecule has 0 spiro atoms. The van der Waals surface area contributed by atoms with Gasteiger partial charge >= 0.3 is 0 Å². The molecule has 1 aromatic heterocycles. The van der Waals surface area contributed by atoms with Crippen LogP contribution in [0.25, 0.3) is 11.4 Å². The van der Waals surface area contributed by atoms with Gasteiger partial charge in [-0.1, -0.05) is 39.8 Å². The van der Waals surface area contributed by atoms with Crippen LogP contribution in [0.3, 0.4) is 0 Å². The van der Waals surface area contributed by atoms with E-state index in [0.29, 0.717) is 5.75 Å². The minimum atomic E-state index is -0.0880. The van der Waals surface area contributed by atoms with E-state index in [0.717, 1.165) is 34.8 Å². The Bertz CT molecular complexity index is 591. The highest BCUT2D eigenvalue weighted by molar-refractivity contribution is 5.67. The SMILES string of the molecule is CCc1nc(-c2cccc(C(C)(C)C)c2O)[nH]c1C. The molecule has 2 rings (SSSR count). The second kappa shape index (κ2) is 4.72. The molecule has 0 aliphatic heterocycles. The quantitative estimate of drug-likeness (QED) is 0.856. The molecule has 0 bridgehead atoms. The van der Waals surface area contributed by atoms with Crippen molar-refractivity contribution >= 4 is 0 Å². The van der Waals surface area contributed by atoms with Gasteiger partial charge < -0.3 is 10.1 Å². The zero-order valence-electron chi connectivity index (χ0n) is 12.3. The van der Waals surface area contributed by atoms with Crippen LogP contribution in [-0.2, 0) is 11.8 Å². The molecule has 0 fully saturated rings. The molecule has 3 nitrogen and oxygen atoms in total. The van der Waals surface area contributed by atoms with Crippen molar-refractivity contribution in [3.8, 4) is 17.1 Å². The molecule has 2 N–H and O–H groups in total. The summed E-state index contributed by atoms with van der Waals surface area (Å²) in [5, 5.41) is 10.5. The van der Waals surface area contributed by atoms with Gasteiger partial charge in [-0.15, -0.1) is 0 Å². The predicted molar refractivity (Wildman–Crippen MR) is 78.5 cm³/mol. The van der Waals surface area contributed by atoms with Crippen molar-refractivity contribution in [1.82, 2.24) is 9.97 Å². The number of nitrogens with zero attached hydrogens (tertiary/aromatic N) is 1. The largest absolute Gasteiger partial charge is 0.507 e. The number of aromatic amines is 1. The summed E-state index contributed by atoms with van der Waals surface area (Å²) in [6, 6.07) is 5.84. The number of benzene rings is 1. The van der Waals surface area contributed by atoms with E-state index in [1.165, 1.54) is 0 Å². The van der Waals surface area contributed by atoms with Crippen molar-refractivity contribution < 1.29 is 5.11 Å². The normalized spacial score (nSPS) is 11.8. The Hall–Kier alpha value is -1.77. The molecule has 0 atom stereocenters. The molecule has 2 aromatic rings. The fraction of sp³-hybridized carbons (Fsp3) is 0.438. The van der Waals surface area contributed by atoms with Gasteiger partial charge in [0.25, 0.3) is 0 Å². The number of imidazole rings is 1. The smallest absolute Gasteiger partial charge is 0.141 e. The van der Waals surface area contributed by atoms with Crippen LogP contribution in [0.1, 0.15) is 44.6 Å². The molecule has 0 amide bonds. The van der Waals surface area contributed by atoms with Crippen LogP contribution in [0.4, 0.5) is 0 Å². The van der Waals surface area contributed by atoms with Crippen molar-refractivity contribution in [2.75, 3.05) is 0 Å². The molecule has 0 saturated carbocycles. The first-order valence-corrected chi connectivity index (χ1v) is 6.73. The van der Waals surface area contributed by atoms with E-state index in [4.69, 9.17) is 0 Å². The number of aromatic hydroxyl groups is 1. The summed E-state index contributed by atoms with van der Waals surface area (Å²) >= 11 is 0. The Morgan fingerprint density at radius 3 is 2.47 bits per heavy atom. The van der Waals surface area contributed by atoms with E-state index in [9.17, 15) is 5.11 Å². The Morgan fingerprint density at radius 2 is 1.95 bits per heavy atom. The lowest BCUT2D eigenvalue weighted by atomic mass is 9.85. The Kier molecular flexibility index (Phi) is 3.40. The number of rotatable bonds is 2. The van der Waals surface area contributed by atoms with Crippen molar-refractivity contribution in [2.24, 2.45) is 0 Å². The van der Waals surface area contributed by atoms with Gasteiger partial charge in [-0.3, -0.25) is 0 Å². The number of para-hydroxylation sites is 1. The van der Waals surface area contributed by atoms with Crippen molar-refractivity contribution in [3.63, 3.8) is 0 Å². The summed E-state index contributed by atoms with van der Waals surface area (Å²) in [5.41, 5.74) is 3.75. The third-order valence-corrected chi connectivity index (χ3v) is 3.42. The molecule has 0 aliphatic rings. The average Bonchev–Trinajstić information content (AvgIpc) is 2.69. The Labute approximate surface area is 114 Å². The molecule has 1 heterocycles. The van der Waals surface area contributed by atoms with E-state index in [-0.39, 0.29) is 5.41 Å². The summed E-state index contributed by atoms with van der Waals surface area (Å²) in [6.07, 6.45) is 0.891. The third-order valence-electron chi connectivity index (χ3n) is 3.42. The second-order valence-corrected chi connectivity index (χ2v) is 5.96. The van der Waals surface area contributed by atoms with Gasteiger partial charge in [0.15, 0.2) is 0 Å². The minimum Gasteiger partial charge on any atom is -0.507 e. The number of aryl methyl sites for hydroxylation is 2. The van der Waals surface area contributed by atoms with Crippen LogP contribution in [0, 0.1) is 6.92 Å². The van der Waals surface area contributed by atoms with E-state index in [1.807, 2.05) is 25.1 Å². The highest BCUT2D eigenvalue weighted by Crippen LogP contribution is 2.37. The third kappa shape index (κ3) is 2.50. The summed E-state index contributed by atoms with van der Waals surface area (Å²) in [4.78, 5) is 7.83. The fourth-order valence-corrected chi connectivity index (χ4v) is 2.31. The first kappa shape index (κ1) is 13.7. The molecule has 0 radical (unpaired) electrons. The Morgan fingerprint density at radius 1 is 1.26 bits per heavy atom. The standard InChI is InChI=1S/C16H22N2O/c1-6-13-10(2)17-15(18-13)11-8-7-9-12(14(11)19)16(3,4)5/h7-9,19H,6H2,1-5H3,(H,17,18). The fourth-order valence-electron chi connectivity index (χ4n) is 2.31. The number of phenolic OH excluding ortho intramolecular Hbond substituents is 1. The molecule has 0 unspecified atom stereocenters. The number of nitrogens with one attached hydrogen (secondary N) is 1. The average molecular weight is 258 g/mol. The summed E-state index contributed by atoms with van der Waals surface area (Å²) in [7, 11) is 0. The second-order valence-electron chi connectivity index (χ2n) is 5.96. The van der Waals surface area contributed by atoms with Gasteiger partial charge in [0.05, 0.1) is 11.3 Å². The first-order valence-electron chi connectivity index (χ1n) is 6.73. The number of hydrogen-bond acceptors (Lipinski definition) is 2. The van der Waals surface area contributed by atoms with Crippen molar-refractivity contribution in [2.45, 2.75) is 46.5 Å². The highest BCUT2D eigenvalue weighted by atomic mass is 16.3. The lowest BCUT2D eigenvalue weighted by molar-refractivity contribution is 0.448. The Balaban J connectivity index is 2.57. The van der Waals surface area contributed by atoms with Gasteiger partial charge in [0.1, 0.15) is 11.6 Å². The van der Waals surface area contributed by atoms with Crippen LogP contribution in [0.15, 0.2) is 18.2 Å². The molecule has 0 saturated heterocycles. The lowest BCUT2D eigenvalue weighted by Crippen LogP contribution is -2.11. The maximum absolute atomic E-state index is 10.5. The van der Waals surface area contributed by atoms with Crippen LogP contribution >= 0.6 is 0 Å². The maximum atomic E-state index is 10.5. The van der Waals surface area contributed by atoms with E-state index < -0.39 is 0 Å². The van der Waals surface area contributed by atoms with Gasteiger partial charge in [0, 0.05) is 5.69 Å². The zero-order valence-corrected chi connectivity index (χ0v) is 12.3.